The average Bonchev–Trinajstić information content (AvgIpc) is 3.01. The second kappa shape index (κ2) is 8.14. The van der Waals surface area contributed by atoms with Crippen molar-refractivity contribution in [2.75, 3.05) is 11.9 Å². The van der Waals surface area contributed by atoms with Crippen LogP contribution in [0.1, 0.15) is 32.0 Å². The molecule has 0 aliphatic rings. The van der Waals surface area contributed by atoms with E-state index in [9.17, 15) is 14.0 Å². The number of aromatic nitrogens is 1. The number of esters is 1. The fourth-order valence-corrected chi connectivity index (χ4v) is 2.09. The lowest BCUT2D eigenvalue weighted by Crippen LogP contribution is -2.19. The molecule has 2 rings (SSSR count). The number of hydrogen-bond donors (Lipinski definition) is 1. The first-order valence-electron chi connectivity index (χ1n) is 7.72. The summed E-state index contributed by atoms with van der Waals surface area (Å²) in [7, 11) is 0. The van der Waals surface area contributed by atoms with Crippen molar-refractivity contribution < 1.29 is 23.2 Å². The normalized spacial score (nSPS) is 11.6. The van der Waals surface area contributed by atoms with E-state index in [4.69, 9.17) is 20.9 Å². The van der Waals surface area contributed by atoms with Crippen LogP contribution in [0.25, 0.3) is 6.08 Å². The Balaban J connectivity index is 1.86. The Morgan fingerprint density at radius 3 is 2.73 bits per heavy atom. The largest absolute Gasteiger partial charge is 0.452 e. The third kappa shape index (κ3) is 5.42. The molecule has 0 radical (unpaired) electrons. The molecule has 26 heavy (non-hydrogen) atoms. The summed E-state index contributed by atoms with van der Waals surface area (Å²) in [6.45, 7) is 5.32. The molecule has 8 heteroatoms. The zero-order valence-electron chi connectivity index (χ0n) is 14.5. The van der Waals surface area contributed by atoms with Crippen molar-refractivity contribution in [3.05, 3.63) is 52.4 Å². The molecule has 1 aromatic heterocycles. The molecule has 138 valence electrons. The molecule has 1 amide bonds. The summed E-state index contributed by atoms with van der Waals surface area (Å²) < 4.78 is 23.4. The van der Waals surface area contributed by atoms with Crippen molar-refractivity contribution in [2.45, 2.75) is 26.2 Å². The maximum atomic E-state index is 13.6. The van der Waals surface area contributed by atoms with E-state index in [0.29, 0.717) is 5.69 Å². The first-order valence-corrected chi connectivity index (χ1v) is 8.10. The fraction of sp³-hybridized carbons (Fsp3) is 0.278. The van der Waals surface area contributed by atoms with Crippen LogP contribution in [0.5, 0.6) is 0 Å². The van der Waals surface area contributed by atoms with Gasteiger partial charge in [0.05, 0.1) is 10.7 Å². The van der Waals surface area contributed by atoms with Gasteiger partial charge in [-0.1, -0.05) is 43.6 Å². The standard InChI is InChI=1S/C18H18ClFN2O4/c1-18(2,3)14-9-16(26-22-14)21-15(23)10-25-17(24)8-7-11-12(19)5-4-6-13(11)20/h4-9H,10H2,1-3H3,(H,21,23)/b8-7+. The van der Waals surface area contributed by atoms with E-state index in [-0.39, 0.29) is 21.9 Å². The summed E-state index contributed by atoms with van der Waals surface area (Å²) in [5.41, 5.74) is 0.513. The van der Waals surface area contributed by atoms with E-state index < -0.39 is 24.3 Å². The Kier molecular flexibility index (Phi) is 6.15. The Bertz CT molecular complexity index is 820. The van der Waals surface area contributed by atoms with Gasteiger partial charge in [-0.25, -0.2) is 9.18 Å². The van der Waals surface area contributed by atoms with Crippen molar-refractivity contribution in [3.8, 4) is 0 Å². The van der Waals surface area contributed by atoms with E-state index in [2.05, 4.69) is 10.5 Å². The number of ether oxygens (including phenoxy) is 1. The van der Waals surface area contributed by atoms with Crippen LogP contribution in [0.4, 0.5) is 10.3 Å². The number of rotatable bonds is 5. The van der Waals surface area contributed by atoms with Crippen molar-refractivity contribution in [1.29, 1.82) is 0 Å². The van der Waals surface area contributed by atoms with Gasteiger partial charge in [0.1, 0.15) is 5.82 Å². The maximum Gasteiger partial charge on any atom is 0.331 e. The highest BCUT2D eigenvalue weighted by Gasteiger charge is 2.19. The fourth-order valence-electron chi connectivity index (χ4n) is 1.87. The number of nitrogens with one attached hydrogen (secondary N) is 1. The summed E-state index contributed by atoms with van der Waals surface area (Å²) in [4.78, 5) is 23.4. The Labute approximate surface area is 155 Å². The number of benzene rings is 1. The average molecular weight is 381 g/mol. The van der Waals surface area contributed by atoms with Gasteiger partial charge in [-0.05, 0) is 18.2 Å². The third-order valence-electron chi connectivity index (χ3n) is 3.27. The summed E-state index contributed by atoms with van der Waals surface area (Å²) in [5, 5.41) is 6.45. The molecule has 0 aliphatic carbocycles. The lowest BCUT2D eigenvalue weighted by Gasteiger charge is -2.12. The molecule has 0 bridgehead atoms. The molecule has 0 atom stereocenters. The van der Waals surface area contributed by atoms with E-state index in [1.54, 1.807) is 6.07 Å². The minimum Gasteiger partial charge on any atom is -0.452 e. The summed E-state index contributed by atoms with van der Waals surface area (Å²) >= 11 is 5.84. The second-order valence-corrected chi connectivity index (χ2v) is 6.86. The van der Waals surface area contributed by atoms with Crippen LogP contribution >= 0.6 is 11.6 Å². The molecule has 0 saturated carbocycles. The highest BCUT2D eigenvalue weighted by molar-refractivity contribution is 6.32. The number of amides is 1. The van der Waals surface area contributed by atoms with E-state index >= 15 is 0 Å². The Morgan fingerprint density at radius 1 is 1.38 bits per heavy atom. The number of hydrogen-bond acceptors (Lipinski definition) is 5. The van der Waals surface area contributed by atoms with E-state index in [0.717, 1.165) is 6.08 Å². The summed E-state index contributed by atoms with van der Waals surface area (Å²) in [6, 6.07) is 5.76. The van der Waals surface area contributed by atoms with Crippen LogP contribution in [-0.2, 0) is 19.7 Å². The topological polar surface area (TPSA) is 81.4 Å². The van der Waals surface area contributed by atoms with Gasteiger partial charge in [0.15, 0.2) is 6.61 Å². The SMILES string of the molecule is CC(C)(C)c1cc(NC(=O)COC(=O)/C=C/c2c(F)cccc2Cl)on1. The molecule has 0 aliphatic heterocycles. The molecule has 2 aromatic rings. The highest BCUT2D eigenvalue weighted by Crippen LogP contribution is 2.23. The van der Waals surface area contributed by atoms with Gasteiger partial charge in [-0.15, -0.1) is 0 Å². The van der Waals surface area contributed by atoms with Gasteiger partial charge in [0.2, 0.25) is 5.88 Å². The first kappa shape index (κ1) is 19.7. The number of carbonyl (C=O) groups excluding carboxylic acids is 2. The lowest BCUT2D eigenvalue weighted by molar-refractivity contribution is -0.142. The first-order chi connectivity index (χ1) is 12.2. The van der Waals surface area contributed by atoms with Crippen LogP contribution in [0.2, 0.25) is 5.02 Å². The lowest BCUT2D eigenvalue weighted by atomic mass is 9.92. The minimum absolute atomic E-state index is 0.0620. The van der Waals surface area contributed by atoms with Crippen molar-refractivity contribution in [2.24, 2.45) is 0 Å². The van der Waals surface area contributed by atoms with Crippen molar-refractivity contribution in [1.82, 2.24) is 5.16 Å². The molecule has 1 heterocycles. The molecule has 1 aromatic carbocycles. The molecule has 1 N–H and O–H groups in total. The second-order valence-electron chi connectivity index (χ2n) is 6.45. The van der Waals surface area contributed by atoms with Crippen LogP contribution in [0.3, 0.4) is 0 Å². The van der Waals surface area contributed by atoms with Crippen LogP contribution < -0.4 is 5.32 Å². The molecule has 0 saturated heterocycles. The Hall–Kier alpha value is -2.67. The molecule has 0 unspecified atom stereocenters. The molecular weight excluding hydrogens is 363 g/mol. The van der Waals surface area contributed by atoms with Gasteiger partial charge < -0.3 is 9.26 Å². The summed E-state index contributed by atoms with van der Waals surface area (Å²) in [6.07, 6.45) is 2.17. The van der Waals surface area contributed by atoms with Crippen LogP contribution in [0.15, 0.2) is 34.9 Å². The van der Waals surface area contributed by atoms with Crippen LogP contribution in [0, 0.1) is 5.82 Å². The van der Waals surface area contributed by atoms with E-state index in [1.165, 1.54) is 24.3 Å². The van der Waals surface area contributed by atoms with Gasteiger partial charge in [-0.2, -0.15) is 0 Å². The number of halogens is 2. The van der Waals surface area contributed by atoms with Gasteiger partial charge in [0, 0.05) is 23.1 Å². The smallest absolute Gasteiger partial charge is 0.331 e. The quantitative estimate of drug-likeness (QED) is 0.627. The number of carbonyl (C=O) groups is 2. The van der Waals surface area contributed by atoms with E-state index in [1.807, 2.05) is 20.8 Å². The molecular formula is C18H18ClFN2O4. The minimum atomic E-state index is -0.813. The molecule has 0 fully saturated rings. The van der Waals surface area contributed by atoms with Gasteiger partial charge in [-0.3, -0.25) is 10.1 Å². The zero-order chi connectivity index (χ0) is 19.3. The van der Waals surface area contributed by atoms with Gasteiger partial charge >= 0.3 is 5.97 Å². The number of anilines is 1. The molecule has 6 nitrogen and oxygen atoms in total. The monoisotopic (exact) mass is 380 g/mol. The highest BCUT2D eigenvalue weighted by atomic mass is 35.5. The van der Waals surface area contributed by atoms with Crippen molar-refractivity contribution >= 4 is 35.4 Å². The van der Waals surface area contributed by atoms with Crippen molar-refractivity contribution in [3.63, 3.8) is 0 Å². The zero-order valence-corrected chi connectivity index (χ0v) is 15.3. The molecule has 0 spiro atoms. The third-order valence-corrected chi connectivity index (χ3v) is 3.60. The predicted octanol–water partition coefficient (Wildman–Crippen LogP) is 3.96. The Morgan fingerprint density at radius 2 is 2.12 bits per heavy atom. The van der Waals surface area contributed by atoms with Crippen LogP contribution in [-0.4, -0.2) is 23.6 Å². The maximum absolute atomic E-state index is 13.6. The number of nitrogens with zero attached hydrogens (tertiary/aromatic N) is 1. The predicted molar refractivity (Wildman–Crippen MR) is 95.2 cm³/mol. The summed E-state index contributed by atoms with van der Waals surface area (Å²) in [5.74, 6) is -1.82. The van der Waals surface area contributed by atoms with Gasteiger partial charge in [0.25, 0.3) is 5.91 Å².